The zero-order valence-corrected chi connectivity index (χ0v) is 18.5. The molecular weight excluding hydrogens is 330 g/mol. The van der Waals surface area contributed by atoms with E-state index in [-0.39, 0.29) is 11.4 Å². The van der Waals surface area contributed by atoms with Gasteiger partial charge >= 0.3 is 0 Å². The highest BCUT2D eigenvalue weighted by Crippen LogP contribution is 2.33. The second kappa shape index (κ2) is 13.0. The van der Waals surface area contributed by atoms with Gasteiger partial charge in [0.25, 0.3) is 0 Å². The van der Waals surface area contributed by atoms with E-state index in [4.69, 9.17) is 0 Å². The molecule has 1 N–H and O–H groups in total. The molecular formula is C25H43NO. The van der Waals surface area contributed by atoms with Crippen molar-refractivity contribution in [1.82, 2.24) is 5.32 Å². The summed E-state index contributed by atoms with van der Waals surface area (Å²) in [4.78, 5) is 12.2. The van der Waals surface area contributed by atoms with Gasteiger partial charge in [-0.3, -0.25) is 4.79 Å². The molecule has 0 aromatic heterocycles. The van der Waals surface area contributed by atoms with Crippen LogP contribution in [0.15, 0.2) is 30.3 Å². The lowest BCUT2D eigenvalue weighted by Gasteiger charge is -2.38. The first-order valence-corrected chi connectivity index (χ1v) is 11.2. The number of rotatable bonds is 8. The van der Waals surface area contributed by atoms with Gasteiger partial charge in [-0.15, -0.1) is 0 Å². The van der Waals surface area contributed by atoms with Crippen LogP contribution in [-0.2, 0) is 11.2 Å². The molecule has 0 bridgehead atoms. The number of amides is 1. The van der Waals surface area contributed by atoms with Gasteiger partial charge in [0.2, 0.25) is 5.91 Å². The summed E-state index contributed by atoms with van der Waals surface area (Å²) >= 11 is 0. The molecule has 1 aromatic rings. The number of nitrogens with one attached hydrogen (secondary N) is 1. The number of unbranched alkanes of at least 4 members (excludes halogenated alkanes) is 1. The van der Waals surface area contributed by atoms with Crippen LogP contribution < -0.4 is 5.32 Å². The molecule has 0 spiro atoms. The fraction of sp³-hybridized carbons (Fsp3) is 0.720. The molecule has 2 rings (SSSR count). The quantitative estimate of drug-likeness (QED) is 0.492. The second-order valence-corrected chi connectivity index (χ2v) is 8.97. The van der Waals surface area contributed by atoms with Crippen LogP contribution in [0.4, 0.5) is 0 Å². The van der Waals surface area contributed by atoms with Gasteiger partial charge in [-0.05, 0) is 56.4 Å². The average Bonchev–Trinajstić information content (AvgIpc) is 2.66. The van der Waals surface area contributed by atoms with Gasteiger partial charge in [-0.1, -0.05) is 83.7 Å². The lowest BCUT2D eigenvalue weighted by atomic mass is 9.76. The molecule has 1 aromatic carbocycles. The van der Waals surface area contributed by atoms with Crippen molar-refractivity contribution in [3.63, 3.8) is 0 Å². The number of benzene rings is 1. The van der Waals surface area contributed by atoms with Crippen LogP contribution in [0, 0.1) is 11.8 Å². The van der Waals surface area contributed by atoms with Crippen LogP contribution in [0.3, 0.4) is 0 Å². The molecule has 154 valence electrons. The Kier molecular flexibility index (Phi) is 11.4. The Morgan fingerprint density at radius 3 is 2.44 bits per heavy atom. The number of hydrogen-bond donors (Lipinski definition) is 1. The lowest BCUT2D eigenvalue weighted by molar-refractivity contribution is -0.123. The predicted molar refractivity (Wildman–Crippen MR) is 118 cm³/mol. The number of hydrogen-bond acceptors (Lipinski definition) is 1. The molecule has 2 unspecified atom stereocenters. The topological polar surface area (TPSA) is 29.1 Å². The molecule has 27 heavy (non-hydrogen) atoms. The minimum atomic E-state index is 0.0371. The number of carbonyl (C=O) groups excluding carboxylic acids is 1. The highest BCUT2D eigenvalue weighted by atomic mass is 16.1. The van der Waals surface area contributed by atoms with Gasteiger partial charge in [0.15, 0.2) is 0 Å². The zero-order chi connectivity index (χ0) is 20.1. The molecule has 0 radical (unpaired) electrons. The van der Waals surface area contributed by atoms with E-state index in [1.165, 1.54) is 31.2 Å². The van der Waals surface area contributed by atoms with E-state index in [2.05, 4.69) is 64.2 Å². The van der Waals surface area contributed by atoms with Crippen molar-refractivity contribution >= 4 is 5.91 Å². The monoisotopic (exact) mass is 373 g/mol. The molecule has 2 heteroatoms. The Morgan fingerprint density at radius 2 is 1.85 bits per heavy atom. The zero-order valence-electron chi connectivity index (χ0n) is 18.5. The molecule has 1 aliphatic carbocycles. The molecule has 1 fully saturated rings. The minimum Gasteiger partial charge on any atom is -0.351 e. The summed E-state index contributed by atoms with van der Waals surface area (Å²) in [6.45, 7) is 11.1. The Morgan fingerprint density at radius 1 is 1.19 bits per heavy atom. The molecule has 0 saturated heterocycles. The van der Waals surface area contributed by atoms with Crippen LogP contribution in [0.25, 0.3) is 0 Å². The van der Waals surface area contributed by atoms with Crippen molar-refractivity contribution in [2.45, 2.75) is 104 Å². The Labute approximate surface area is 168 Å². The van der Waals surface area contributed by atoms with Crippen molar-refractivity contribution in [2.24, 2.45) is 11.8 Å². The maximum Gasteiger partial charge on any atom is 0.220 e. The summed E-state index contributed by atoms with van der Waals surface area (Å²) in [5, 5.41) is 3.32. The van der Waals surface area contributed by atoms with Crippen LogP contribution in [0.1, 0.15) is 98.0 Å². The molecule has 2 nitrogen and oxygen atoms in total. The fourth-order valence-electron chi connectivity index (χ4n) is 3.74. The van der Waals surface area contributed by atoms with Crippen LogP contribution in [0.2, 0.25) is 0 Å². The SMILES string of the molecule is CCC(C)C.CCC1CCCC(C)(NC(=O)CCCCc2ccccc2)C1. The molecule has 2 atom stereocenters. The van der Waals surface area contributed by atoms with E-state index < -0.39 is 0 Å². The molecule has 1 saturated carbocycles. The Bertz CT molecular complexity index is 510. The van der Waals surface area contributed by atoms with Gasteiger partial charge in [-0.2, -0.15) is 0 Å². The first kappa shape index (κ1) is 23.7. The lowest BCUT2D eigenvalue weighted by Crippen LogP contribution is -2.48. The fourth-order valence-corrected chi connectivity index (χ4v) is 3.74. The van der Waals surface area contributed by atoms with Crippen molar-refractivity contribution in [3.05, 3.63) is 35.9 Å². The largest absolute Gasteiger partial charge is 0.351 e. The third kappa shape index (κ3) is 10.6. The maximum atomic E-state index is 12.2. The first-order chi connectivity index (χ1) is 12.9. The summed E-state index contributed by atoms with van der Waals surface area (Å²) in [6.07, 6.45) is 11.2. The van der Waals surface area contributed by atoms with E-state index in [0.29, 0.717) is 6.42 Å². The molecule has 0 heterocycles. The second-order valence-electron chi connectivity index (χ2n) is 8.97. The third-order valence-electron chi connectivity index (χ3n) is 5.88. The van der Waals surface area contributed by atoms with Crippen LogP contribution in [-0.4, -0.2) is 11.4 Å². The van der Waals surface area contributed by atoms with Gasteiger partial charge in [-0.25, -0.2) is 0 Å². The number of carbonyl (C=O) groups is 1. The van der Waals surface area contributed by atoms with Crippen LogP contribution >= 0.6 is 0 Å². The van der Waals surface area contributed by atoms with E-state index in [1.54, 1.807) is 0 Å². The summed E-state index contributed by atoms with van der Waals surface area (Å²) in [7, 11) is 0. The standard InChI is InChI=1S/C20H31NO.C5H12/c1-3-17-13-9-15-20(2,16-17)21-19(22)14-8-7-12-18-10-5-4-6-11-18;1-4-5(2)3/h4-6,10-11,17H,3,7-9,12-16H2,1-2H3,(H,21,22);5H,4H2,1-3H3. The van der Waals surface area contributed by atoms with Gasteiger partial charge in [0.05, 0.1) is 0 Å². The van der Waals surface area contributed by atoms with E-state index in [1.807, 2.05) is 6.07 Å². The summed E-state index contributed by atoms with van der Waals surface area (Å²) in [5.41, 5.74) is 1.41. The maximum absolute atomic E-state index is 12.2. The predicted octanol–water partition coefficient (Wildman–Crippen LogP) is 6.93. The molecule has 0 aliphatic heterocycles. The van der Waals surface area contributed by atoms with Gasteiger partial charge in [0, 0.05) is 12.0 Å². The summed E-state index contributed by atoms with van der Waals surface area (Å²) < 4.78 is 0. The normalized spacial score (nSPS) is 22.1. The first-order valence-electron chi connectivity index (χ1n) is 11.2. The van der Waals surface area contributed by atoms with Crippen molar-refractivity contribution in [1.29, 1.82) is 0 Å². The van der Waals surface area contributed by atoms with Crippen molar-refractivity contribution in [2.75, 3.05) is 0 Å². The minimum absolute atomic E-state index is 0.0371. The Hall–Kier alpha value is -1.31. The van der Waals surface area contributed by atoms with E-state index in [9.17, 15) is 4.79 Å². The van der Waals surface area contributed by atoms with Gasteiger partial charge in [0.1, 0.15) is 0 Å². The summed E-state index contributed by atoms with van der Waals surface area (Å²) in [6, 6.07) is 10.5. The summed E-state index contributed by atoms with van der Waals surface area (Å²) in [5.74, 6) is 1.92. The van der Waals surface area contributed by atoms with E-state index >= 15 is 0 Å². The van der Waals surface area contributed by atoms with Crippen molar-refractivity contribution < 1.29 is 4.79 Å². The smallest absolute Gasteiger partial charge is 0.220 e. The van der Waals surface area contributed by atoms with E-state index in [0.717, 1.165) is 43.9 Å². The van der Waals surface area contributed by atoms with Crippen LogP contribution in [0.5, 0.6) is 0 Å². The Balaban J connectivity index is 0.000000646. The van der Waals surface area contributed by atoms with Crippen molar-refractivity contribution in [3.8, 4) is 0 Å². The van der Waals surface area contributed by atoms with Gasteiger partial charge < -0.3 is 5.32 Å². The molecule has 1 aliphatic rings. The highest BCUT2D eigenvalue weighted by molar-refractivity contribution is 5.76. The highest BCUT2D eigenvalue weighted by Gasteiger charge is 2.32. The average molecular weight is 374 g/mol. The number of aryl methyl sites for hydroxylation is 1. The molecule has 1 amide bonds. The third-order valence-corrected chi connectivity index (χ3v) is 5.88.